The van der Waals surface area contributed by atoms with Crippen molar-refractivity contribution in [1.82, 2.24) is 4.31 Å². The van der Waals surface area contributed by atoms with Crippen molar-refractivity contribution in [2.45, 2.75) is 4.90 Å². The third-order valence-corrected chi connectivity index (χ3v) is 6.04. The van der Waals surface area contributed by atoms with Crippen molar-refractivity contribution in [3.63, 3.8) is 0 Å². The first kappa shape index (κ1) is 17.9. The molecule has 0 aromatic heterocycles. The highest BCUT2D eigenvalue weighted by atomic mass is 35.5. The summed E-state index contributed by atoms with van der Waals surface area (Å²) in [4.78, 5) is 12.5. The topological polar surface area (TPSA) is 75.7 Å². The second kappa shape index (κ2) is 7.53. The van der Waals surface area contributed by atoms with Gasteiger partial charge in [-0.15, -0.1) is 0 Å². The molecule has 25 heavy (non-hydrogen) atoms. The first-order valence-corrected chi connectivity index (χ1v) is 9.54. The summed E-state index contributed by atoms with van der Waals surface area (Å²) in [5.74, 6) is -0.397. The molecule has 0 aliphatic carbocycles. The Balaban J connectivity index is 1.82. The van der Waals surface area contributed by atoms with Gasteiger partial charge in [0.2, 0.25) is 10.0 Å². The van der Waals surface area contributed by atoms with Crippen molar-refractivity contribution in [2.24, 2.45) is 0 Å². The quantitative estimate of drug-likeness (QED) is 0.884. The van der Waals surface area contributed by atoms with Crippen LogP contribution in [0.5, 0.6) is 0 Å². The predicted molar refractivity (Wildman–Crippen MR) is 95.4 cm³/mol. The first-order valence-electron chi connectivity index (χ1n) is 7.72. The smallest absolute Gasteiger partial charge is 0.257 e. The van der Waals surface area contributed by atoms with Crippen LogP contribution in [0.25, 0.3) is 0 Å². The van der Waals surface area contributed by atoms with E-state index in [4.69, 9.17) is 16.3 Å². The van der Waals surface area contributed by atoms with Gasteiger partial charge in [-0.25, -0.2) is 8.42 Å². The van der Waals surface area contributed by atoms with Gasteiger partial charge >= 0.3 is 0 Å². The molecule has 1 fully saturated rings. The van der Waals surface area contributed by atoms with Crippen molar-refractivity contribution < 1.29 is 17.9 Å². The molecule has 1 amide bonds. The number of morpholine rings is 1. The number of hydrogen-bond donors (Lipinski definition) is 1. The molecule has 1 aliphatic heterocycles. The molecule has 1 saturated heterocycles. The van der Waals surface area contributed by atoms with Crippen LogP contribution in [0.3, 0.4) is 0 Å². The van der Waals surface area contributed by atoms with Crippen LogP contribution in [0.4, 0.5) is 5.69 Å². The Bertz CT molecular complexity index is 880. The largest absolute Gasteiger partial charge is 0.379 e. The monoisotopic (exact) mass is 380 g/mol. The van der Waals surface area contributed by atoms with E-state index in [1.54, 1.807) is 36.4 Å². The average Bonchev–Trinajstić information content (AvgIpc) is 2.63. The van der Waals surface area contributed by atoms with Gasteiger partial charge in [-0.1, -0.05) is 29.8 Å². The van der Waals surface area contributed by atoms with Gasteiger partial charge in [-0.05, 0) is 30.3 Å². The summed E-state index contributed by atoms with van der Waals surface area (Å²) >= 11 is 6.02. The van der Waals surface area contributed by atoms with Crippen LogP contribution in [0, 0.1) is 0 Å². The fourth-order valence-electron chi connectivity index (χ4n) is 2.51. The van der Waals surface area contributed by atoms with Crippen LogP contribution < -0.4 is 5.32 Å². The zero-order valence-electron chi connectivity index (χ0n) is 13.3. The number of hydrogen-bond acceptors (Lipinski definition) is 4. The van der Waals surface area contributed by atoms with Crippen molar-refractivity contribution in [1.29, 1.82) is 0 Å². The maximum Gasteiger partial charge on any atom is 0.257 e. The summed E-state index contributed by atoms with van der Waals surface area (Å²) in [7, 11) is -3.62. The molecule has 8 heteroatoms. The second-order valence-corrected chi connectivity index (χ2v) is 7.82. The van der Waals surface area contributed by atoms with Gasteiger partial charge in [0, 0.05) is 18.8 Å². The number of amides is 1. The fourth-order valence-corrected chi connectivity index (χ4v) is 4.19. The molecule has 2 aromatic carbocycles. The van der Waals surface area contributed by atoms with E-state index in [9.17, 15) is 13.2 Å². The average molecular weight is 381 g/mol. The Morgan fingerprint density at radius 1 is 1.08 bits per heavy atom. The summed E-state index contributed by atoms with van der Waals surface area (Å²) in [5, 5.41) is 3.01. The highest BCUT2D eigenvalue weighted by Crippen LogP contribution is 2.22. The lowest BCUT2D eigenvalue weighted by atomic mass is 10.2. The molecule has 0 atom stereocenters. The molecule has 0 radical (unpaired) electrons. The Morgan fingerprint density at radius 2 is 1.80 bits per heavy atom. The van der Waals surface area contributed by atoms with Gasteiger partial charge in [0.25, 0.3) is 5.91 Å². The lowest BCUT2D eigenvalue weighted by Crippen LogP contribution is -2.40. The molecule has 1 N–H and O–H groups in total. The maximum atomic E-state index is 12.7. The van der Waals surface area contributed by atoms with E-state index < -0.39 is 15.9 Å². The van der Waals surface area contributed by atoms with Crippen molar-refractivity contribution in [3.8, 4) is 0 Å². The van der Waals surface area contributed by atoms with Gasteiger partial charge in [0.1, 0.15) is 0 Å². The third-order valence-electron chi connectivity index (χ3n) is 3.82. The summed E-state index contributed by atoms with van der Waals surface area (Å²) < 4.78 is 31.9. The summed E-state index contributed by atoms with van der Waals surface area (Å²) in [5.41, 5.74) is 0.713. The molecule has 0 bridgehead atoms. The third kappa shape index (κ3) is 4.01. The normalized spacial score (nSPS) is 15.7. The number of anilines is 1. The molecule has 0 spiro atoms. The summed E-state index contributed by atoms with van der Waals surface area (Å²) in [6, 6.07) is 12.8. The Kier molecular flexibility index (Phi) is 5.39. The molecule has 1 aliphatic rings. The maximum absolute atomic E-state index is 12.7. The van der Waals surface area contributed by atoms with Crippen LogP contribution in [0.15, 0.2) is 53.4 Å². The van der Waals surface area contributed by atoms with E-state index in [-0.39, 0.29) is 4.90 Å². The van der Waals surface area contributed by atoms with Gasteiger partial charge in [-0.3, -0.25) is 4.79 Å². The molecular weight excluding hydrogens is 364 g/mol. The van der Waals surface area contributed by atoms with Crippen molar-refractivity contribution in [2.75, 3.05) is 31.6 Å². The van der Waals surface area contributed by atoms with Gasteiger partial charge in [0.05, 0.1) is 28.7 Å². The number of nitrogens with one attached hydrogen (secondary N) is 1. The SMILES string of the molecule is O=C(Nc1cccc(S(=O)(=O)N2CCOCC2)c1)c1ccccc1Cl. The number of benzene rings is 2. The molecule has 132 valence electrons. The second-order valence-electron chi connectivity index (χ2n) is 5.48. The minimum absolute atomic E-state index is 0.131. The van der Waals surface area contributed by atoms with Crippen LogP contribution >= 0.6 is 11.6 Å². The molecule has 3 rings (SSSR count). The predicted octanol–water partition coefficient (Wildman–Crippen LogP) is 2.61. The first-order chi connectivity index (χ1) is 12.0. The standard InChI is InChI=1S/C17H17ClN2O4S/c18-16-7-2-1-6-15(16)17(21)19-13-4-3-5-14(12-13)25(22,23)20-8-10-24-11-9-20/h1-7,12H,8-11H2,(H,19,21). The molecule has 0 saturated carbocycles. The van der Waals surface area contributed by atoms with Crippen LogP contribution in [0.2, 0.25) is 5.02 Å². The zero-order chi connectivity index (χ0) is 17.9. The van der Waals surface area contributed by atoms with E-state index in [0.29, 0.717) is 42.6 Å². The van der Waals surface area contributed by atoms with E-state index in [2.05, 4.69) is 5.32 Å². The lowest BCUT2D eigenvalue weighted by molar-refractivity contribution is 0.0730. The number of rotatable bonds is 4. The Morgan fingerprint density at radius 3 is 2.52 bits per heavy atom. The van der Waals surface area contributed by atoms with Gasteiger partial charge < -0.3 is 10.1 Å². The van der Waals surface area contributed by atoms with E-state index in [0.717, 1.165) is 0 Å². The number of halogens is 1. The van der Waals surface area contributed by atoms with Crippen LogP contribution in [0.1, 0.15) is 10.4 Å². The molecule has 2 aromatic rings. The zero-order valence-corrected chi connectivity index (χ0v) is 14.9. The highest BCUT2D eigenvalue weighted by Gasteiger charge is 2.26. The molecule has 1 heterocycles. The van der Waals surface area contributed by atoms with E-state index in [1.807, 2.05) is 0 Å². The number of sulfonamides is 1. The molecule has 0 unspecified atom stereocenters. The number of carbonyl (C=O) groups is 1. The van der Waals surface area contributed by atoms with Crippen LogP contribution in [-0.4, -0.2) is 44.9 Å². The minimum atomic E-state index is -3.62. The Hall–Kier alpha value is -1.93. The van der Waals surface area contributed by atoms with Gasteiger partial charge in [-0.2, -0.15) is 4.31 Å². The molecular formula is C17H17ClN2O4S. The van der Waals surface area contributed by atoms with E-state index in [1.165, 1.54) is 16.4 Å². The minimum Gasteiger partial charge on any atom is -0.379 e. The van der Waals surface area contributed by atoms with E-state index >= 15 is 0 Å². The summed E-state index contributed by atoms with van der Waals surface area (Å²) in [6.45, 7) is 1.39. The fraction of sp³-hybridized carbons (Fsp3) is 0.235. The molecule has 6 nitrogen and oxygen atoms in total. The van der Waals surface area contributed by atoms with Gasteiger partial charge in [0.15, 0.2) is 0 Å². The number of carbonyl (C=O) groups excluding carboxylic acids is 1. The number of ether oxygens (including phenoxy) is 1. The highest BCUT2D eigenvalue weighted by molar-refractivity contribution is 7.89. The summed E-state index contributed by atoms with van der Waals surface area (Å²) in [6.07, 6.45) is 0. The number of nitrogens with zero attached hydrogens (tertiary/aromatic N) is 1. The lowest BCUT2D eigenvalue weighted by Gasteiger charge is -2.26. The van der Waals surface area contributed by atoms with Crippen molar-refractivity contribution in [3.05, 3.63) is 59.1 Å². The Labute approximate surface area is 151 Å². The van der Waals surface area contributed by atoms with Crippen molar-refractivity contribution >= 4 is 33.2 Å². The van der Waals surface area contributed by atoms with Crippen LogP contribution in [-0.2, 0) is 14.8 Å².